The number of aromatic nitrogens is 2. The smallest absolute Gasteiger partial charge is 0.354 e. The minimum atomic E-state index is -0.504. The van der Waals surface area contributed by atoms with Crippen molar-refractivity contribution in [1.29, 1.82) is 0 Å². The number of hydrogen-bond acceptors (Lipinski definition) is 4. The summed E-state index contributed by atoms with van der Waals surface area (Å²) >= 11 is 3.50. The van der Waals surface area contributed by atoms with Gasteiger partial charge in [-0.05, 0) is 46.3 Å². The largest absolute Gasteiger partial charge is 0.463 e. The average Bonchev–Trinajstić information content (AvgIpc) is 3.04. The van der Waals surface area contributed by atoms with Gasteiger partial charge < -0.3 is 9.73 Å². The summed E-state index contributed by atoms with van der Waals surface area (Å²) in [6.07, 6.45) is 1.58. The summed E-state index contributed by atoms with van der Waals surface area (Å²) in [6, 6.07) is 9.47. The quantitative estimate of drug-likeness (QED) is 0.562. The predicted molar refractivity (Wildman–Crippen MR) is 94.3 cm³/mol. The SMILES string of the molecule is CNc1nc(=O)n(-c2cccc(F)c2)c2cc(Br)c3ccoc3c12. The zero-order chi connectivity index (χ0) is 16.8. The van der Waals surface area contributed by atoms with Crippen molar-refractivity contribution in [1.82, 2.24) is 9.55 Å². The summed E-state index contributed by atoms with van der Waals surface area (Å²) < 4.78 is 21.4. The molecule has 0 saturated carbocycles. The molecule has 24 heavy (non-hydrogen) atoms. The highest BCUT2D eigenvalue weighted by Gasteiger charge is 2.18. The second kappa shape index (κ2) is 5.45. The molecule has 2 aromatic heterocycles. The lowest BCUT2D eigenvalue weighted by Gasteiger charge is -2.13. The maximum Gasteiger partial charge on any atom is 0.354 e. The van der Waals surface area contributed by atoms with Crippen LogP contribution in [0.5, 0.6) is 0 Å². The molecule has 0 radical (unpaired) electrons. The van der Waals surface area contributed by atoms with E-state index in [1.165, 1.54) is 16.7 Å². The number of furan rings is 1. The molecule has 0 aliphatic heterocycles. The lowest BCUT2D eigenvalue weighted by molar-refractivity contribution is 0.619. The molecule has 120 valence electrons. The predicted octanol–water partition coefficient (Wildman–Crippen LogP) is 4.08. The van der Waals surface area contributed by atoms with Crippen molar-refractivity contribution in [3.63, 3.8) is 0 Å². The van der Waals surface area contributed by atoms with Crippen molar-refractivity contribution in [3.05, 3.63) is 63.4 Å². The fraction of sp³-hybridized carbons (Fsp3) is 0.0588. The Morgan fingerprint density at radius 3 is 2.88 bits per heavy atom. The van der Waals surface area contributed by atoms with E-state index in [4.69, 9.17) is 4.42 Å². The van der Waals surface area contributed by atoms with Gasteiger partial charge in [-0.1, -0.05) is 6.07 Å². The van der Waals surface area contributed by atoms with Crippen LogP contribution in [0.4, 0.5) is 10.2 Å². The van der Waals surface area contributed by atoms with E-state index in [0.29, 0.717) is 28.0 Å². The maximum atomic E-state index is 13.6. The highest BCUT2D eigenvalue weighted by molar-refractivity contribution is 9.10. The number of nitrogens with zero attached hydrogens (tertiary/aromatic N) is 2. The Kier molecular flexibility index (Phi) is 3.38. The van der Waals surface area contributed by atoms with E-state index in [9.17, 15) is 9.18 Å². The molecule has 0 saturated heterocycles. The molecule has 0 bridgehead atoms. The molecule has 7 heteroatoms. The fourth-order valence-electron chi connectivity index (χ4n) is 2.83. The van der Waals surface area contributed by atoms with Crippen molar-refractivity contribution in [2.45, 2.75) is 0 Å². The van der Waals surface area contributed by atoms with Crippen LogP contribution in [0.1, 0.15) is 0 Å². The molecule has 4 aromatic rings. The van der Waals surface area contributed by atoms with Crippen molar-refractivity contribution in [2.75, 3.05) is 12.4 Å². The molecule has 0 fully saturated rings. The molecule has 2 heterocycles. The van der Waals surface area contributed by atoms with Crippen LogP contribution in [0.15, 0.2) is 56.3 Å². The Hall–Kier alpha value is -2.67. The molecule has 4 rings (SSSR count). The van der Waals surface area contributed by atoms with Crippen LogP contribution < -0.4 is 11.0 Å². The molecular weight excluding hydrogens is 377 g/mol. The number of benzene rings is 2. The highest BCUT2D eigenvalue weighted by atomic mass is 79.9. The number of halogens is 2. The summed E-state index contributed by atoms with van der Waals surface area (Å²) in [7, 11) is 1.69. The minimum absolute atomic E-state index is 0.401. The second-order valence-corrected chi connectivity index (χ2v) is 6.08. The standard InChI is InChI=1S/C17H11BrFN3O2/c1-20-16-14-13(8-12(18)11-5-6-24-15(11)14)22(17(23)21-16)10-4-2-3-9(19)7-10/h2-8H,1H3,(H,20,21,23). The molecule has 0 spiro atoms. The fourth-order valence-corrected chi connectivity index (χ4v) is 3.36. The first-order valence-corrected chi connectivity index (χ1v) is 7.95. The van der Waals surface area contributed by atoms with Crippen molar-refractivity contribution in [3.8, 4) is 5.69 Å². The Bertz CT molecular complexity index is 1150. The van der Waals surface area contributed by atoms with Gasteiger partial charge in [0.1, 0.15) is 17.2 Å². The van der Waals surface area contributed by atoms with Crippen LogP contribution in [0, 0.1) is 5.82 Å². The van der Waals surface area contributed by atoms with E-state index in [-0.39, 0.29) is 0 Å². The first-order chi connectivity index (χ1) is 11.6. The van der Waals surface area contributed by atoms with Crippen LogP contribution in [0.2, 0.25) is 0 Å². The van der Waals surface area contributed by atoms with Gasteiger partial charge in [-0.25, -0.2) is 9.18 Å². The second-order valence-electron chi connectivity index (χ2n) is 5.22. The van der Waals surface area contributed by atoms with Gasteiger partial charge in [0.15, 0.2) is 0 Å². The third-order valence-electron chi connectivity index (χ3n) is 3.85. The molecule has 0 atom stereocenters. The molecule has 0 amide bonds. The number of rotatable bonds is 2. The lowest BCUT2D eigenvalue weighted by Crippen LogP contribution is -2.23. The van der Waals surface area contributed by atoms with E-state index in [1.807, 2.05) is 12.1 Å². The van der Waals surface area contributed by atoms with Gasteiger partial charge in [-0.15, -0.1) is 0 Å². The van der Waals surface area contributed by atoms with E-state index in [1.54, 1.807) is 25.4 Å². The minimum Gasteiger partial charge on any atom is -0.463 e. The summed E-state index contributed by atoms with van der Waals surface area (Å²) in [6.45, 7) is 0. The van der Waals surface area contributed by atoms with Gasteiger partial charge in [-0.3, -0.25) is 4.57 Å². The number of anilines is 1. The molecule has 5 nitrogen and oxygen atoms in total. The molecule has 1 N–H and O–H groups in total. The number of fused-ring (bicyclic) bond motifs is 3. The zero-order valence-electron chi connectivity index (χ0n) is 12.5. The van der Waals surface area contributed by atoms with E-state index in [2.05, 4.69) is 26.2 Å². The van der Waals surface area contributed by atoms with Gasteiger partial charge in [0.2, 0.25) is 0 Å². The van der Waals surface area contributed by atoms with Crippen LogP contribution in [0.25, 0.3) is 27.6 Å². The van der Waals surface area contributed by atoms with E-state index in [0.717, 1.165) is 9.86 Å². The van der Waals surface area contributed by atoms with Crippen LogP contribution in [-0.4, -0.2) is 16.6 Å². The first-order valence-electron chi connectivity index (χ1n) is 7.16. The lowest BCUT2D eigenvalue weighted by atomic mass is 10.1. The van der Waals surface area contributed by atoms with Crippen molar-refractivity contribution >= 4 is 43.6 Å². The van der Waals surface area contributed by atoms with Crippen LogP contribution >= 0.6 is 15.9 Å². The normalized spacial score (nSPS) is 11.3. The van der Waals surface area contributed by atoms with Crippen molar-refractivity contribution in [2.24, 2.45) is 0 Å². The first kappa shape index (κ1) is 14.9. The third-order valence-corrected chi connectivity index (χ3v) is 4.50. The Morgan fingerprint density at radius 2 is 2.12 bits per heavy atom. The summed E-state index contributed by atoms with van der Waals surface area (Å²) in [5.74, 6) is -0.0153. The van der Waals surface area contributed by atoms with Gasteiger partial charge in [-0.2, -0.15) is 4.98 Å². The van der Waals surface area contributed by atoms with E-state index < -0.39 is 11.5 Å². The molecule has 0 aliphatic carbocycles. The Morgan fingerprint density at radius 1 is 1.29 bits per heavy atom. The molecule has 0 unspecified atom stereocenters. The Labute approximate surface area is 143 Å². The zero-order valence-corrected chi connectivity index (χ0v) is 14.1. The monoisotopic (exact) mass is 387 g/mol. The molecule has 2 aromatic carbocycles. The van der Waals surface area contributed by atoms with Crippen LogP contribution in [0.3, 0.4) is 0 Å². The average molecular weight is 388 g/mol. The number of hydrogen-bond donors (Lipinski definition) is 1. The topological polar surface area (TPSA) is 60.1 Å². The van der Waals surface area contributed by atoms with Crippen LogP contribution in [-0.2, 0) is 0 Å². The Balaban J connectivity index is 2.24. The van der Waals surface area contributed by atoms with Gasteiger partial charge in [0.25, 0.3) is 0 Å². The third kappa shape index (κ3) is 2.12. The molecular formula is C17H11BrFN3O2. The summed E-state index contributed by atoms with van der Waals surface area (Å²) in [5.41, 5.74) is 1.06. The summed E-state index contributed by atoms with van der Waals surface area (Å²) in [5, 5.41) is 4.45. The number of nitrogens with one attached hydrogen (secondary N) is 1. The summed E-state index contributed by atoms with van der Waals surface area (Å²) in [4.78, 5) is 16.6. The van der Waals surface area contributed by atoms with Gasteiger partial charge in [0.05, 0.1) is 22.9 Å². The highest BCUT2D eigenvalue weighted by Crippen LogP contribution is 2.35. The van der Waals surface area contributed by atoms with Gasteiger partial charge in [0, 0.05) is 16.9 Å². The molecule has 0 aliphatic rings. The van der Waals surface area contributed by atoms with E-state index >= 15 is 0 Å². The maximum absolute atomic E-state index is 13.6. The van der Waals surface area contributed by atoms with Gasteiger partial charge >= 0.3 is 5.69 Å². The van der Waals surface area contributed by atoms with Crippen molar-refractivity contribution < 1.29 is 8.81 Å².